The highest BCUT2D eigenvalue weighted by Crippen LogP contribution is 2.23. The van der Waals surface area contributed by atoms with Crippen molar-refractivity contribution in [3.05, 3.63) is 64.7 Å². The van der Waals surface area contributed by atoms with Crippen molar-refractivity contribution in [1.29, 1.82) is 0 Å². The Labute approximate surface area is 192 Å². The van der Waals surface area contributed by atoms with Gasteiger partial charge in [-0.05, 0) is 75.3 Å². The van der Waals surface area contributed by atoms with E-state index in [2.05, 4.69) is 11.4 Å². The quantitative estimate of drug-likeness (QED) is 0.629. The van der Waals surface area contributed by atoms with Crippen molar-refractivity contribution in [2.45, 2.75) is 71.9 Å². The van der Waals surface area contributed by atoms with Crippen LogP contribution in [0, 0.1) is 20.8 Å². The van der Waals surface area contributed by atoms with Gasteiger partial charge in [-0.1, -0.05) is 49.2 Å². The second-order valence-corrected chi connectivity index (χ2v) is 8.98. The number of carbonyl (C=O) groups is 2. The zero-order valence-corrected chi connectivity index (χ0v) is 19.8. The third-order valence-electron chi connectivity index (χ3n) is 6.47. The number of nitrogens with zero attached hydrogens (tertiary/aromatic N) is 1. The Morgan fingerprint density at radius 3 is 2.47 bits per heavy atom. The molecule has 1 N–H and O–H groups in total. The summed E-state index contributed by atoms with van der Waals surface area (Å²) in [6.45, 7) is 8.26. The molecule has 5 nitrogen and oxygen atoms in total. The molecule has 2 amide bonds. The molecular formula is C27H36N2O3. The lowest BCUT2D eigenvalue weighted by Gasteiger charge is -2.29. The summed E-state index contributed by atoms with van der Waals surface area (Å²) in [4.78, 5) is 27.8. The molecule has 1 aliphatic carbocycles. The average molecular weight is 437 g/mol. The minimum absolute atomic E-state index is 0.0825. The second-order valence-electron chi connectivity index (χ2n) is 8.98. The molecule has 0 saturated heterocycles. The largest absolute Gasteiger partial charge is 0.483 e. The molecule has 1 aliphatic rings. The van der Waals surface area contributed by atoms with Crippen LogP contribution in [0.5, 0.6) is 5.75 Å². The summed E-state index contributed by atoms with van der Waals surface area (Å²) in [5.74, 6) is 0.469. The Morgan fingerprint density at radius 1 is 1.09 bits per heavy atom. The maximum Gasteiger partial charge on any atom is 0.261 e. The van der Waals surface area contributed by atoms with Crippen LogP contribution in [0.1, 0.15) is 54.9 Å². The van der Waals surface area contributed by atoms with Crippen molar-refractivity contribution < 1.29 is 14.3 Å². The SMILES string of the molecule is Cc1cc(C)c(C)c(OCC(=O)N(CCc2ccccc2)C(C)C(=O)NC2CCCC2)c1. The van der Waals surface area contributed by atoms with E-state index < -0.39 is 6.04 Å². The predicted molar refractivity (Wildman–Crippen MR) is 128 cm³/mol. The molecule has 0 heterocycles. The first-order chi connectivity index (χ1) is 15.3. The summed E-state index contributed by atoms with van der Waals surface area (Å²) in [6.07, 6.45) is 5.03. The van der Waals surface area contributed by atoms with Gasteiger partial charge >= 0.3 is 0 Å². The first-order valence-electron chi connectivity index (χ1n) is 11.7. The van der Waals surface area contributed by atoms with Gasteiger partial charge in [0.1, 0.15) is 11.8 Å². The Kier molecular flexibility index (Phi) is 8.32. The van der Waals surface area contributed by atoms with Crippen LogP contribution in [-0.2, 0) is 16.0 Å². The van der Waals surface area contributed by atoms with Crippen LogP contribution in [0.25, 0.3) is 0 Å². The number of aryl methyl sites for hydroxylation is 2. The third-order valence-corrected chi connectivity index (χ3v) is 6.47. The van der Waals surface area contributed by atoms with E-state index in [1.165, 1.54) is 0 Å². The number of rotatable bonds is 9. The fraction of sp³-hybridized carbons (Fsp3) is 0.481. The lowest BCUT2D eigenvalue weighted by atomic mass is 10.1. The Morgan fingerprint density at radius 2 is 1.78 bits per heavy atom. The van der Waals surface area contributed by atoms with Crippen molar-refractivity contribution in [2.24, 2.45) is 0 Å². The number of benzene rings is 2. The number of carbonyl (C=O) groups excluding carboxylic acids is 2. The van der Waals surface area contributed by atoms with Crippen LogP contribution in [0.4, 0.5) is 0 Å². The first-order valence-corrected chi connectivity index (χ1v) is 11.7. The normalized spacial score (nSPS) is 14.8. The average Bonchev–Trinajstić information content (AvgIpc) is 3.29. The van der Waals surface area contributed by atoms with E-state index >= 15 is 0 Å². The van der Waals surface area contributed by atoms with Gasteiger partial charge in [-0.2, -0.15) is 0 Å². The maximum atomic E-state index is 13.2. The molecule has 2 aromatic rings. The van der Waals surface area contributed by atoms with Crippen LogP contribution < -0.4 is 10.1 Å². The Bertz CT molecular complexity index is 920. The van der Waals surface area contributed by atoms with Crippen molar-refractivity contribution in [1.82, 2.24) is 10.2 Å². The number of ether oxygens (including phenoxy) is 1. The van der Waals surface area contributed by atoms with Gasteiger partial charge in [0, 0.05) is 12.6 Å². The van der Waals surface area contributed by atoms with E-state index in [-0.39, 0.29) is 24.5 Å². The van der Waals surface area contributed by atoms with Gasteiger partial charge in [0.15, 0.2) is 6.61 Å². The maximum absolute atomic E-state index is 13.2. The topological polar surface area (TPSA) is 58.6 Å². The van der Waals surface area contributed by atoms with Crippen LogP contribution in [0.3, 0.4) is 0 Å². The summed E-state index contributed by atoms with van der Waals surface area (Å²) >= 11 is 0. The van der Waals surface area contributed by atoms with Gasteiger partial charge in [0.25, 0.3) is 5.91 Å². The molecule has 2 aromatic carbocycles. The Balaban J connectivity index is 1.69. The van der Waals surface area contributed by atoms with Crippen LogP contribution in [0.15, 0.2) is 42.5 Å². The zero-order chi connectivity index (χ0) is 23.1. The van der Waals surface area contributed by atoms with E-state index in [0.717, 1.165) is 53.7 Å². The van der Waals surface area contributed by atoms with Gasteiger partial charge < -0.3 is 15.0 Å². The first kappa shape index (κ1) is 23.8. The van der Waals surface area contributed by atoms with Crippen molar-refractivity contribution >= 4 is 11.8 Å². The number of amides is 2. The molecule has 1 fully saturated rings. The minimum atomic E-state index is -0.546. The van der Waals surface area contributed by atoms with E-state index in [9.17, 15) is 9.59 Å². The molecule has 172 valence electrons. The molecule has 1 saturated carbocycles. The van der Waals surface area contributed by atoms with E-state index in [1.807, 2.05) is 64.1 Å². The fourth-order valence-electron chi connectivity index (χ4n) is 4.34. The summed E-state index contributed by atoms with van der Waals surface area (Å²) in [6, 6.07) is 13.8. The van der Waals surface area contributed by atoms with E-state index in [1.54, 1.807) is 4.90 Å². The number of hydrogen-bond donors (Lipinski definition) is 1. The van der Waals surface area contributed by atoms with Crippen molar-refractivity contribution in [3.8, 4) is 5.75 Å². The monoisotopic (exact) mass is 436 g/mol. The van der Waals surface area contributed by atoms with Crippen LogP contribution in [-0.4, -0.2) is 41.9 Å². The molecular weight excluding hydrogens is 400 g/mol. The van der Waals surface area contributed by atoms with E-state index in [4.69, 9.17) is 4.74 Å². The smallest absolute Gasteiger partial charge is 0.261 e. The summed E-state index contributed by atoms with van der Waals surface area (Å²) < 4.78 is 5.93. The molecule has 0 spiro atoms. The molecule has 0 aliphatic heterocycles. The summed E-state index contributed by atoms with van der Waals surface area (Å²) in [5.41, 5.74) is 4.41. The van der Waals surface area contributed by atoms with Gasteiger partial charge in [-0.15, -0.1) is 0 Å². The van der Waals surface area contributed by atoms with Gasteiger partial charge in [0.2, 0.25) is 5.91 Å². The minimum Gasteiger partial charge on any atom is -0.483 e. The van der Waals surface area contributed by atoms with Crippen LogP contribution in [0.2, 0.25) is 0 Å². The molecule has 32 heavy (non-hydrogen) atoms. The zero-order valence-electron chi connectivity index (χ0n) is 19.8. The molecule has 0 radical (unpaired) electrons. The molecule has 5 heteroatoms. The highest BCUT2D eigenvalue weighted by Gasteiger charge is 2.28. The van der Waals surface area contributed by atoms with Gasteiger partial charge in [0.05, 0.1) is 0 Å². The standard InChI is InChI=1S/C27H36N2O3/c1-19-16-20(2)21(3)25(17-19)32-18-26(30)29(15-14-23-10-6-5-7-11-23)22(4)27(31)28-24-12-8-9-13-24/h5-7,10-11,16-17,22,24H,8-9,12-15,18H2,1-4H3,(H,28,31). The van der Waals surface area contributed by atoms with Crippen molar-refractivity contribution in [3.63, 3.8) is 0 Å². The number of nitrogens with one attached hydrogen (secondary N) is 1. The number of hydrogen-bond acceptors (Lipinski definition) is 3. The highest BCUT2D eigenvalue weighted by molar-refractivity contribution is 5.88. The van der Waals surface area contributed by atoms with E-state index in [0.29, 0.717) is 13.0 Å². The van der Waals surface area contributed by atoms with Gasteiger partial charge in [-0.3, -0.25) is 9.59 Å². The van der Waals surface area contributed by atoms with Crippen molar-refractivity contribution in [2.75, 3.05) is 13.2 Å². The van der Waals surface area contributed by atoms with Gasteiger partial charge in [-0.25, -0.2) is 0 Å². The third kappa shape index (κ3) is 6.35. The molecule has 1 unspecified atom stereocenters. The Hall–Kier alpha value is -2.82. The molecule has 3 rings (SSSR count). The fourth-order valence-corrected chi connectivity index (χ4v) is 4.34. The lowest BCUT2D eigenvalue weighted by molar-refractivity contribution is -0.141. The molecule has 0 bridgehead atoms. The molecule has 1 atom stereocenters. The molecule has 0 aromatic heterocycles. The highest BCUT2D eigenvalue weighted by atomic mass is 16.5. The lowest BCUT2D eigenvalue weighted by Crippen LogP contribution is -2.51. The summed E-state index contributed by atoms with van der Waals surface area (Å²) in [5, 5.41) is 3.14. The van der Waals surface area contributed by atoms with Crippen LogP contribution >= 0.6 is 0 Å². The summed E-state index contributed by atoms with van der Waals surface area (Å²) in [7, 11) is 0. The predicted octanol–water partition coefficient (Wildman–Crippen LogP) is 4.51. The second kappa shape index (κ2) is 11.2.